The molecule has 0 bridgehead atoms. The molecule has 0 radical (unpaired) electrons. The molecule has 4 rings (SSSR count). The predicted molar refractivity (Wildman–Crippen MR) is 102 cm³/mol. The fourth-order valence-corrected chi connectivity index (χ4v) is 3.31. The highest BCUT2D eigenvalue weighted by Gasteiger charge is 2.23. The number of nitrogens with zero attached hydrogens (tertiary/aromatic N) is 4. The van der Waals surface area contributed by atoms with Gasteiger partial charge in [0.25, 0.3) is 0 Å². The number of aliphatic hydroxyl groups excluding tert-OH is 1. The van der Waals surface area contributed by atoms with Crippen molar-refractivity contribution in [3.63, 3.8) is 0 Å². The van der Waals surface area contributed by atoms with Crippen molar-refractivity contribution in [1.82, 2.24) is 9.97 Å². The molecule has 1 unspecified atom stereocenters. The molecule has 25 heavy (non-hydrogen) atoms. The van der Waals surface area contributed by atoms with Crippen LogP contribution in [-0.4, -0.2) is 48.4 Å². The lowest BCUT2D eigenvalue weighted by atomic mass is 10.1. The summed E-state index contributed by atoms with van der Waals surface area (Å²) in [6, 6.07) is 14.4. The van der Waals surface area contributed by atoms with Gasteiger partial charge >= 0.3 is 0 Å². The molecule has 0 saturated carbocycles. The van der Waals surface area contributed by atoms with E-state index in [-0.39, 0.29) is 6.10 Å². The number of hydrogen-bond donors (Lipinski definition) is 1. The smallest absolute Gasteiger partial charge is 0.138 e. The van der Waals surface area contributed by atoms with Gasteiger partial charge in [-0.15, -0.1) is 0 Å². The van der Waals surface area contributed by atoms with Gasteiger partial charge in [-0.3, -0.25) is 4.98 Å². The molecule has 1 saturated heterocycles. The molecule has 5 heteroatoms. The molecule has 128 valence electrons. The Kier molecular flexibility index (Phi) is 4.01. The summed E-state index contributed by atoms with van der Waals surface area (Å²) in [4.78, 5) is 13.7. The van der Waals surface area contributed by atoms with Crippen LogP contribution in [-0.2, 0) is 0 Å². The normalized spacial score (nSPS) is 17.2. The van der Waals surface area contributed by atoms with Gasteiger partial charge in [0.05, 0.1) is 17.3 Å². The lowest BCUT2D eigenvalue weighted by Crippen LogP contribution is -2.22. The van der Waals surface area contributed by atoms with Crippen LogP contribution in [0.1, 0.15) is 6.42 Å². The first-order valence-corrected chi connectivity index (χ1v) is 8.58. The van der Waals surface area contributed by atoms with Crippen LogP contribution in [0.15, 0.2) is 48.7 Å². The van der Waals surface area contributed by atoms with Crippen molar-refractivity contribution in [2.75, 3.05) is 37.0 Å². The Hall–Kier alpha value is -2.66. The van der Waals surface area contributed by atoms with Gasteiger partial charge in [0.15, 0.2) is 0 Å². The Balaban J connectivity index is 1.82. The third-order valence-electron chi connectivity index (χ3n) is 4.72. The van der Waals surface area contributed by atoms with Crippen LogP contribution >= 0.6 is 0 Å². The van der Waals surface area contributed by atoms with Gasteiger partial charge in [-0.05, 0) is 36.8 Å². The summed E-state index contributed by atoms with van der Waals surface area (Å²) in [6.07, 6.45) is 2.31. The number of hydrogen-bond acceptors (Lipinski definition) is 5. The van der Waals surface area contributed by atoms with Crippen LogP contribution in [0, 0.1) is 0 Å². The van der Waals surface area contributed by atoms with Gasteiger partial charge in [-0.25, -0.2) is 4.98 Å². The summed E-state index contributed by atoms with van der Waals surface area (Å²) >= 11 is 0. The number of rotatable bonds is 3. The second-order valence-electron chi connectivity index (χ2n) is 6.73. The summed E-state index contributed by atoms with van der Waals surface area (Å²) in [5.74, 6) is 0.911. The van der Waals surface area contributed by atoms with Crippen LogP contribution in [0.2, 0.25) is 0 Å². The number of benzene rings is 1. The average molecular weight is 334 g/mol. The van der Waals surface area contributed by atoms with Crippen LogP contribution in [0.5, 0.6) is 0 Å². The first kappa shape index (κ1) is 15.8. The molecular formula is C20H22N4O. The minimum atomic E-state index is -0.281. The Morgan fingerprint density at radius 3 is 2.64 bits per heavy atom. The van der Waals surface area contributed by atoms with E-state index in [0.717, 1.165) is 46.6 Å². The Labute approximate surface area is 147 Å². The van der Waals surface area contributed by atoms with Gasteiger partial charge in [0.1, 0.15) is 5.82 Å². The highest BCUT2D eigenvalue weighted by atomic mass is 16.3. The Morgan fingerprint density at radius 2 is 1.96 bits per heavy atom. The van der Waals surface area contributed by atoms with Gasteiger partial charge in [-0.1, -0.05) is 12.1 Å². The number of fused-ring (bicyclic) bond motifs is 1. The second kappa shape index (κ2) is 6.33. The number of β-amino-alcohol motifs (C(OH)–C–C–N with tert-alkyl or cyclic N) is 1. The van der Waals surface area contributed by atoms with E-state index < -0.39 is 0 Å². The van der Waals surface area contributed by atoms with Crippen molar-refractivity contribution >= 4 is 22.4 Å². The Morgan fingerprint density at radius 1 is 1.16 bits per heavy atom. The molecule has 1 fully saturated rings. The molecule has 1 aliphatic rings. The van der Waals surface area contributed by atoms with E-state index in [1.165, 1.54) is 0 Å². The number of aliphatic hydroxyl groups is 1. The van der Waals surface area contributed by atoms with E-state index in [2.05, 4.69) is 39.0 Å². The first-order chi connectivity index (χ1) is 12.1. The highest BCUT2D eigenvalue weighted by Crippen LogP contribution is 2.31. The minimum Gasteiger partial charge on any atom is -0.391 e. The summed E-state index contributed by atoms with van der Waals surface area (Å²) in [5, 5.41) is 10.9. The molecular weight excluding hydrogens is 312 g/mol. The third kappa shape index (κ3) is 3.03. The summed E-state index contributed by atoms with van der Waals surface area (Å²) in [7, 11) is 4.06. The van der Waals surface area contributed by atoms with Crippen LogP contribution in [0.4, 0.5) is 11.5 Å². The van der Waals surface area contributed by atoms with E-state index >= 15 is 0 Å². The molecule has 0 spiro atoms. The maximum absolute atomic E-state index is 9.91. The van der Waals surface area contributed by atoms with Crippen molar-refractivity contribution in [1.29, 1.82) is 0 Å². The number of anilines is 2. The van der Waals surface area contributed by atoms with Crippen molar-refractivity contribution < 1.29 is 5.11 Å². The average Bonchev–Trinajstić information content (AvgIpc) is 3.07. The monoisotopic (exact) mass is 334 g/mol. The topological polar surface area (TPSA) is 52.5 Å². The quantitative estimate of drug-likeness (QED) is 0.798. The van der Waals surface area contributed by atoms with Crippen LogP contribution in [0.3, 0.4) is 0 Å². The zero-order chi connectivity index (χ0) is 17.4. The van der Waals surface area contributed by atoms with E-state index in [4.69, 9.17) is 4.98 Å². The van der Waals surface area contributed by atoms with Gasteiger partial charge in [0.2, 0.25) is 0 Å². The lowest BCUT2D eigenvalue weighted by molar-refractivity contribution is 0.198. The summed E-state index contributed by atoms with van der Waals surface area (Å²) in [5.41, 5.74) is 4.07. The fourth-order valence-electron chi connectivity index (χ4n) is 3.31. The largest absolute Gasteiger partial charge is 0.391 e. The zero-order valence-corrected chi connectivity index (χ0v) is 14.6. The second-order valence-corrected chi connectivity index (χ2v) is 6.73. The predicted octanol–water partition coefficient (Wildman–Crippen LogP) is 2.93. The summed E-state index contributed by atoms with van der Waals surface area (Å²) in [6.45, 7) is 1.45. The molecule has 1 aliphatic heterocycles. The molecule has 1 aromatic carbocycles. The first-order valence-electron chi connectivity index (χ1n) is 8.58. The lowest BCUT2D eigenvalue weighted by Gasteiger charge is -2.20. The van der Waals surface area contributed by atoms with Gasteiger partial charge in [-0.2, -0.15) is 0 Å². The van der Waals surface area contributed by atoms with E-state index in [9.17, 15) is 5.11 Å². The van der Waals surface area contributed by atoms with E-state index in [0.29, 0.717) is 6.54 Å². The van der Waals surface area contributed by atoms with E-state index in [1.54, 1.807) is 0 Å². The molecule has 3 heterocycles. The molecule has 2 aromatic heterocycles. The number of aromatic nitrogens is 2. The zero-order valence-electron chi connectivity index (χ0n) is 14.6. The standard InChI is InChI=1S/C20H22N4O/c1-23(2)15-7-5-14(6-8-15)18-12-19-17(4-3-10-21-19)20(22-18)24-11-9-16(25)13-24/h3-8,10,12,16,25H,9,11,13H2,1-2H3. The van der Waals surface area contributed by atoms with Crippen LogP contribution in [0.25, 0.3) is 22.2 Å². The maximum atomic E-state index is 9.91. The van der Waals surface area contributed by atoms with Crippen LogP contribution < -0.4 is 9.80 Å². The van der Waals surface area contributed by atoms with Gasteiger partial charge < -0.3 is 14.9 Å². The molecule has 0 amide bonds. The van der Waals surface area contributed by atoms with Crippen molar-refractivity contribution in [3.8, 4) is 11.3 Å². The molecule has 3 aromatic rings. The molecule has 5 nitrogen and oxygen atoms in total. The third-order valence-corrected chi connectivity index (χ3v) is 4.72. The molecule has 1 N–H and O–H groups in total. The SMILES string of the molecule is CN(C)c1ccc(-c2cc3ncccc3c(N3CCC(O)C3)n2)cc1. The minimum absolute atomic E-state index is 0.281. The molecule has 0 aliphatic carbocycles. The van der Waals surface area contributed by atoms with E-state index in [1.807, 2.05) is 38.5 Å². The summed E-state index contributed by atoms with van der Waals surface area (Å²) < 4.78 is 0. The Bertz CT molecular complexity index is 892. The number of pyridine rings is 2. The fraction of sp³-hybridized carbons (Fsp3) is 0.300. The van der Waals surface area contributed by atoms with Gasteiger partial charge in [0, 0.05) is 50.0 Å². The van der Waals surface area contributed by atoms with Crippen molar-refractivity contribution in [2.45, 2.75) is 12.5 Å². The molecule has 1 atom stereocenters. The van der Waals surface area contributed by atoms with Crippen molar-refractivity contribution in [3.05, 3.63) is 48.7 Å². The highest BCUT2D eigenvalue weighted by molar-refractivity contribution is 5.92. The van der Waals surface area contributed by atoms with Crippen molar-refractivity contribution in [2.24, 2.45) is 0 Å². The maximum Gasteiger partial charge on any atom is 0.138 e.